The molecule has 0 spiro atoms. The Morgan fingerprint density at radius 1 is 1.32 bits per heavy atom. The number of aromatic nitrogens is 2. The van der Waals surface area contributed by atoms with Crippen LogP contribution in [-0.2, 0) is 13.5 Å². The van der Waals surface area contributed by atoms with Gasteiger partial charge in [0, 0.05) is 25.9 Å². The first-order chi connectivity index (χ1) is 9.16. The molecular weight excluding hydrogens is 234 g/mol. The molecule has 0 aliphatic heterocycles. The van der Waals surface area contributed by atoms with E-state index >= 15 is 0 Å². The zero-order valence-electron chi connectivity index (χ0n) is 12.7. The van der Waals surface area contributed by atoms with Gasteiger partial charge >= 0.3 is 0 Å². The first kappa shape index (κ1) is 14.6. The Morgan fingerprint density at radius 2 is 2.05 bits per heavy atom. The molecule has 0 saturated heterocycles. The minimum Gasteiger partial charge on any atom is -0.338 e. The molecule has 0 radical (unpaired) electrons. The van der Waals surface area contributed by atoms with Crippen LogP contribution in [0.1, 0.15) is 45.4 Å². The molecule has 1 aromatic heterocycles. The number of imidazole rings is 1. The molecule has 0 amide bonds. The Balaban J connectivity index is 1.87. The molecule has 1 aromatic rings. The highest BCUT2D eigenvalue weighted by Gasteiger charge is 2.26. The quantitative estimate of drug-likeness (QED) is 0.855. The summed E-state index contributed by atoms with van der Waals surface area (Å²) in [7, 11) is 2.11. The van der Waals surface area contributed by atoms with E-state index in [4.69, 9.17) is 0 Å². The van der Waals surface area contributed by atoms with Crippen LogP contribution in [0, 0.1) is 17.8 Å². The van der Waals surface area contributed by atoms with Gasteiger partial charge in [-0.1, -0.05) is 26.7 Å². The Bertz CT molecular complexity index is 370. The number of hydrogen-bond donors (Lipinski definition) is 1. The van der Waals surface area contributed by atoms with E-state index in [1.54, 1.807) is 0 Å². The van der Waals surface area contributed by atoms with Gasteiger partial charge in [-0.25, -0.2) is 4.98 Å². The standard InChI is InChI=1S/C16H29N3/c1-13(2)11-17-12-15-7-5-4-6-14(15)10-16-18-8-9-19(16)3/h8-9,13-15,17H,4-7,10-12H2,1-3H3. The number of rotatable bonds is 6. The number of nitrogens with one attached hydrogen (secondary N) is 1. The van der Waals surface area contributed by atoms with E-state index < -0.39 is 0 Å². The fourth-order valence-electron chi connectivity index (χ4n) is 3.21. The van der Waals surface area contributed by atoms with Gasteiger partial charge in [-0.3, -0.25) is 0 Å². The number of nitrogens with zero attached hydrogens (tertiary/aromatic N) is 2. The van der Waals surface area contributed by atoms with E-state index in [0.717, 1.165) is 30.7 Å². The summed E-state index contributed by atoms with van der Waals surface area (Å²) >= 11 is 0. The molecule has 0 aromatic carbocycles. The molecule has 2 atom stereocenters. The molecule has 2 rings (SSSR count). The molecule has 1 heterocycles. The molecule has 0 bridgehead atoms. The van der Waals surface area contributed by atoms with Gasteiger partial charge in [0.15, 0.2) is 0 Å². The average molecular weight is 263 g/mol. The van der Waals surface area contributed by atoms with Gasteiger partial charge in [-0.2, -0.15) is 0 Å². The van der Waals surface area contributed by atoms with Gasteiger partial charge in [0.1, 0.15) is 5.82 Å². The predicted octanol–water partition coefficient (Wildman–Crippen LogP) is 3.01. The third-order valence-corrected chi connectivity index (χ3v) is 4.39. The lowest BCUT2D eigenvalue weighted by Gasteiger charge is -2.32. The zero-order valence-corrected chi connectivity index (χ0v) is 12.7. The van der Waals surface area contributed by atoms with Crippen molar-refractivity contribution in [3.63, 3.8) is 0 Å². The maximum absolute atomic E-state index is 4.50. The van der Waals surface area contributed by atoms with Crippen molar-refractivity contribution in [1.82, 2.24) is 14.9 Å². The van der Waals surface area contributed by atoms with Gasteiger partial charge < -0.3 is 9.88 Å². The van der Waals surface area contributed by atoms with Crippen molar-refractivity contribution < 1.29 is 0 Å². The van der Waals surface area contributed by atoms with Crippen LogP contribution < -0.4 is 5.32 Å². The first-order valence-corrected chi connectivity index (χ1v) is 7.83. The summed E-state index contributed by atoms with van der Waals surface area (Å²) in [5.74, 6) is 3.65. The van der Waals surface area contributed by atoms with Crippen LogP contribution in [0.25, 0.3) is 0 Å². The zero-order chi connectivity index (χ0) is 13.7. The van der Waals surface area contributed by atoms with E-state index in [-0.39, 0.29) is 0 Å². The Kier molecular flexibility index (Phi) is 5.44. The Hall–Kier alpha value is -0.830. The summed E-state index contributed by atoms with van der Waals surface area (Å²) in [5, 5.41) is 3.65. The molecule has 108 valence electrons. The van der Waals surface area contributed by atoms with Gasteiger partial charge in [0.05, 0.1) is 0 Å². The second-order valence-corrected chi connectivity index (χ2v) is 6.52. The minimum absolute atomic E-state index is 0.747. The monoisotopic (exact) mass is 263 g/mol. The normalized spacial score (nSPS) is 24.0. The lowest BCUT2D eigenvalue weighted by atomic mass is 9.77. The third-order valence-electron chi connectivity index (χ3n) is 4.39. The fourth-order valence-corrected chi connectivity index (χ4v) is 3.21. The van der Waals surface area contributed by atoms with Crippen molar-refractivity contribution in [1.29, 1.82) is 0 Å². The smallest absolute Gasteiger partial charge is 0.108 e. The molecule has 2 unspecified atom stereocenters. The SMILES string of the molecule is CC(C)CNCC1CCCCC1Cc1nccn1C. The molecule has 1 aliphatic rings. The van der Waals surface area contributed by atoms with Crippen LogP contribution in [0.5, 0.6) is 0 Å². The third kappa shape index (κ3) is 4.34. The molecule has 1 aliphatic carbocycles. The van der Waals surface area contributed by atoms with Crippen molar-refractivity contribution in [2.75, 3.05) is 13.1 Å². The summed E-state index contributed by atoms with van der Waals surface area (Å²) in [6.07, 6.45) is 10.7. The second kappa shape index (κ2) is 7.09. The lowest BCUT2D eigenvalue weighted by molar-refractivity contribution is 0.223. The average Bonchev–Trinajstić information content (AvgIpc) is 2.77. The highest BCUT2D eigenvalue weighted by molar-refractivity contribution is 4.95. The van der Waals surface area contributed by atoms with Gasteiger partial charge in [-0.15, -0.1) is 0 Å². The largest absolute Gasteiger partial charge is 0.338 e. The van der Waals surface area contributed by atoms with Gasteiger partial charge in [-0.05, 0) is 43.7 Å². The van der Waals surface area contributed by atoms with Crippen LogP contribution in [0.3, 0.4) is 0 Å². The van der Waals surface area contributed by atoms with Crippen molar-refractivity contribution in [3.8, 4) is 0 Å². The number of hydrogen-bond acceptors (Lipinski definition) is 2. The topological polar surface area (TPSA) is 29.9 Å². The summed E-state index contributed by atoms with van der Waals surface area (Å²) in [4.78, 5) is 4.50. The Morgan fingerprint density at radius 3 is 2.68 bits per heavy atom. The van der Waals surface area contributed by atoms with Crippen LogP contribution >= 0.6 is 0 Å². The van der Waals surface area contributed by atoms with Crippen molar-refractivity contribution in [2.45, 2.75) is 46.0 Å². The molecule has 3 heteroatoms. The van der Waals surface area contributed by atoms with E-state index in [1.807, 2.05) is 6.20 Å². The van der Waals surface area contributed by atoms with Gasteiger partial charge in [0.25, 0.3) is 0 Å². The molecule has 1 N–H and O–H groups in total. The summed E-state index contributed by atoms with van der Waals surface area (Å²) in [5.41, 5.74) is 0. The summed E-state index contributed by atoms with van der Waals surface area (Å²) in [6.45, 7) is 6.89. The van der Waals surface area contributed by atoms with Crippen molar-refractivity contribution in [3.05, 3.63) is 18.2 Å². The highest BCUT2D eigenvalue weighted by atomic mass is 15.0. The molecule has 1 saturated carbocycles. The molecule has 19 heavy (non-hydrogen) atoms. The lowest BCUT2D eigenvalue weighted by Crippen LogP contribution is -2.33. The molecular formula is C16H29N3. The summed E-state index contributed by atoms with van der Waals surface area (Å²) < 4.78 is 2.17. The first-order valence-electron chi connectivity index (χ1n) is 7.83. The van der Waals surface area contributed by atoms with Crippen molar-refractivity contribution >= 4 is 0 Å². The van der Waals surface area contributed by atoms with Crippen LogP contribution in [0.4, 0.5) is 0 Å². The van der Waals surface area contributed by atoms with Crippen molar-refractivity contribution in [2.24, 2.45) is 24.8 Å². The minimum atomic E-state index is 0.747. The van der Waals surface area contributed by atoms with E-state index in [0.29, 0.717) is 0 Å². The van der Waals surface area contributed by atoms with Crippen LogP contribution in [-0.4, -0.2) is 22.6 Å². The predicted molar refractivity (Wildman–Crippen MR) is 80.1 cm³/mol. The highest BCUT2D eigenvalue weighted by Crippen LogP contribution is 2.31. The fraction of sp³-hybridized carbons (Fsp3) is 0.812. The molecule has 3 nitrogen and oxygen atoms in total. The van der Waals surface area contributed by atoms with Crippen LogP contribution in [0.2, 0.25) is 0 Å². The van der Waals surface area contributed by atoms with Crippen LogP contribution in [0.15, 0.2) is 12.4 Å². The van der Waals surface area contributed by atoms with E-state index in [9.17, 15) is 0 Å². The summed E-state index contributed by atoms with van der Waals surface area (Å²) in [6, 6.07) is 0. The molecule has 1 fully saturated rings. The second-order valence-electron chi connectivity index (χ2n) is 6.52. The maximum atomic E-state index is 4.50. The Labute approximate surface area is 117 Å². The van der Waals surface area contributed by atoms with Gasteiger partial charge in [0.2, 0.25) is 0 Å². The van der Waals surface area contributed by atoms with E-state index in [1.165, 1.54) is 38.1 Å². The van der Waals surface area contributed by atoms with E-state index in [2.05, 4.69) is 42.0 Å². The number of aryl methyl sites for hydroxylation is 1. The maximum Gasteiger partial charge on any atom is 0.108 e.